The van der Waals surface area contributed by atoms with Gasteiger partial charge in [0.2, 0.25) is 0 Å². The Bertz CT molecular complexity index is 397. The highest BCUT2D eigenvalue weighted by molar-refractivity contribution is 9.10. The Kier molecular flexibility index (Phi) is 7.20. The summed E-state index contributed by atoms with van der Waals surface area (Å²) in [7, 11) is 1.63. The van der Waals surface area contributed by atoms with Crippen LogP contribution in [0.4, 0.5) is 0 Å². The Labute approximate surface area is 123 Å². The van der Waals surface area contributed by atoms with E-state index in [1.807, 2.05) is 12.1 Å². The van der Waals surface area contributed by atoms with Gasteiger partial charge in [0.25, 0.3) is 0 Å². The van der Waals surface area contributed by atoms with Gasteiger partial charge in [-0.3, -0.25) is 0 Å². The maximum atomic E-state index is 9.27. The van der Waals surface area contributed by atoms with E-state index in [1.54, 1.807) is 14.0 Å². The second-order valence-electron chi connectivity index (χ2n) is 4.42. The van der Waals surface area contributed by atoms with Crippen molar-refractivity contribution in [3.8, 4) is 11.5 Å². The standard InChI is InChI=1S/C14H22BrNO3/c1-4-5-19-14-11(9-16-8-10(2)17)6-12(15)7-13(14)18-3/h6-7,10,16-17H,4-5,8-9H2,1-3H3. The number of halogens is 1. The van der Waals surface area contributed by atoms with Crippen LogP contribution < -0.4 is 14.8 Å². The van der Waals surface area contributed by atoms with Crippen LogP contribution in [0.3, 0.4) is 0 Å². The lowest BCUT2D eigenvalue weighted by Crippen LogP contribution is -2.24. The number of hydrogen-bond acceptors (Lipinski definition) is 4. The van der Waals surface area contributed by atoms with E-state index in [0.29, 0.717) is 19.7 Å². The molecule has 0 saturated carbocycles. The molecule has 0 spiro atoms. The van der Waals surface area contributed by atoms with Crippen molar-refractivity contribution < 1.29 is 14.6 Å². The minimum absolute atomic E-state index is 0.367. The summed E-state index contributed by atoms with van der Waals surface area (Å²) < 4.78 is 12.1. The third-order valence-corrected chi connectivity index (χ3v) is 2.98. The molecule has 2 N–H and O–H groups in total. The average Bonchev–Trinajstić information content (AvgIpc) is 2.36. The predicted molar refractivity (Wildman–Crippen MR) is 79.9 cm³/mol. The largest absolute Gasteiger partial charge is 0.493 e. The second kappa shape index (κ2) is 8.40. The summed E-state index contributed by atoms with van der Waals surface area (Å²) in [5.41, 5.74) is 1.01. The third kappa shape index (κ3) is 5.38. The molecule has 1 aromatic carbocycles. The van der Waals surface area contributed by atoms with E-state index in [9.17, 15) is 5.11 Å². The maximum Gasteiger partial charge on any atom is 0.165 e. The van der Waals surface area contributed by atoms with E-state index in [4.69, 9.17) is 9.47 Å². The number of rotatable bonds is 8. The second-order valence-corrected chi connectivity index (χ2v) is 5.34. The van der Waals surface area contributed by atoms with Crippen molar-refractivity contribution >= 4 is 15.9 Å². The number of methoxy groups -OCH3 is 1. The molecule has 0 saturated heterocycles. The highest BCUT2D eigenvalue weighted by Gasteiger charge is 2.12. The van der Waals surface area contributed by atoms with Crippen molar-refractivity contribution in [1.29, 1.82) is 0 Å². The van der Waals surface area contributed by atoms with Gasteiger partial charge < -0.3 is 19.9 Å². The monoisotopic (exact) mass is 331 g/mol. The minimum atomic E-state index is -0.367. The molecule has 19 heavy (non-hydrogen) atoms. The highest BCUT2D eigenvalue weighted by Crippen LogP contribution is 2.35. The fourth-order valence-electron chi connectivity index (χ4n) is 1.69. The molecule has 0 heterocycles. The molecule has 0 amide bonds. The lowest BCUT2D eigenvalue weighted by Gasteiger charge is -2.16. The lowest BCUT2D eigenvalue weighted by molar-refractivity contribution is 0.190. The number of nitrogens with one attached hydrogen (secondary N) is 1. The van der Waals surface area contributed by atoms with Crippen molar-refractivity contribution in [3.05, 3.63) is 22.2 Å². The van der Waals surface area contributed by atoms with Gasteiger partial charge >= 0.3 is 0 Å². The van der Waals surface area contributed by atoms with Crippen LogP contribution in [0, 0.1) is 0 Å². The number of benzene rings is 1. The summed E-state index contributed by atoms with van der Waals surface area (Å²) in [5, 5.41) is 12.5. The molecule has 0 bridgehead atoms. The fourth-order valence-corrected chi connectivity index (χ4v) is 2.17. The Balaban J connectivity index is 2.88. The van der Waals surface area contributed by atoms with Crippen LogP contribution in [0.2, 0.25) is 0 Å². The summed E-state index contributed by atoms with van der Waals surface area (Å²) in [5.74, 6) is 1.49. The van der Waals surface area contributed by atoms with E-state index in [-0.39, 0.29) is 6.10 Å². The summed E-state index contributed by atoms with van der Waals surface area (Å²) in [4.78, 5) is 0. The van der Waals surface area contributed by atoms with E-state index >= 15 is 0 Å². The van der Waals surface area contributed by atoms with Crippen LogP contribution >= 0.6 is 15.9 Å². The molecule has 1 rings (SSSR count). The first kappa shape index (κ1) is 16.3. The molecule has 0 aliphatic rings. The van der Waals surface area contributed by atoms with E-state index in [0.717, 1.165) is 28.0 Å². The summed E-state index contributed by atoms with van der Waals surface area (Å²) in [6.07, 6.45) is 0.578. The van der Waals surface area contributed by atoms with Crippen molar-refractivity contribution in [3.63, 3.8) is 0 Å². The molecule has 4 nitrogen and oxygen atoms in total. The SMILES string of the molecule is CCCOc1c(CNCC(C)O)cc(Br)cc1OC. The zero-order valence-corrected chi connectivity index (χ0v) is 13.3. The lowest BCUT2D eigenvalue weighted by atomic mass is 10.1. The first-order chi connectivity index (χ1) is 9.08. The van der Waals surface area contributed by atoms with Gasteiger partial charge in [-0.25, -0.2) is 0 Å². The molecule has 0 aromatic heterocycles. The summed E-state index contributed by atoms with van der Waals surface area (Å²) >= 11 is 3.46. The van der Waals surface area contributed by atoms with Crippen LogP contribution in [0.1, 0.15) is 25.8 Å². The van der Waals surface area contributed by atoms with Gasteiger partial charge in [0.1, 0.15) is 0 Å². The number of aliphatic hydroxyl groups excluding tert-OH is 1. The Hall–Kier alpha value is -0.780. The van der Waals surface area contributed by atoms with Crippen LogP contribution in [-0.2, 0) is 6.54 Å². The van der Waals surface area contributed by atoms with Crippen LogP contribution in [0.5, 0.6) is 11.5 Å². The molecule has 0 fully saturated rings. The van der Waals surface area contributed by atoms with Gasteiger partial charge in [-0.15, -0.1) is 0 Å². The van der Waals surface area contributed by atoms with Crippen LogP contribution in [0.25, 0.3) is 0 Å². The molecule has 108 valence electrons. The van der Waals surface area contributed by atoms with Crippen LogP contribution in [0.15, 0.2) is 16.6 Å². The van der Waals surface area contributed by atoms with Gasteiger partial charge in [-0.05, 0) is 25.5 Å². The normalized spacial score (nSPS) is 12.3. The molecule has 0 aliphatic heterocycles. The first-order valence-corrected chi connectivity index (χ1v) is 7.25. The molecule has 1 atom stereocenters. The van der Waals surface area contributed by atoms with Crippen molar-refractivity contribution in [1.82, 2.24) is 5.32 Å². The molecule has 1 aromatic rings. The van der Waals surface area contributed by atoms with E-state index in [1.165, 1.54) is 0 Å². The molecule has 1 unspecified atom stereocenters. The Morgan fingerprint density at radius 2 is 2.16 bits per heavy atom. The molecule has 0 radical (unpaired) electrons. The van der Waals surface area contributed by atoms with Crippen LogP contribution in [-0.4, -0.2) is 31.5 Å². The van der Waals surface area contributed by atoms with Crippen molar-refractivity contribution in [2.75, 3.05) is 20.3 Å². The quantitative estimate of drug-likeness (QED) is 0.769. The van der Waals surface area contributed by atoms with Gasteiger partial charge in [-0.2, -0.15) is 0 Å². The summed E-state index contributed by atoms with van der Waals surface area (Å²) in [6, 6.07) is 3.89. The molecule has 0 aliphatic carbocycles. The van der Waals surface area contributed by atoms with Gasteiger partial charge in [0.05, 0.1) is 19.8 Å². The zero-order chi connectivity index (χ0) is 14.3. The average molecular weight is 332 g/mol. The molecular weight excluding hydrogens is 310 g/mol. The Morgan fingerprint density at radius 3 is 2.74 bits per heavy atom. The van der Waals surface area contributed by atoms with E-state index in [2.05, 4.69) is 28.2 Å². The number of hydrogen-bond donors (Lipinski definition) is 2. The predicted octanol–water partition coefficient (Wildman–Crippen LogP) is 2.72. The van der Waals surface area contributed by atoms with Gasteiger partial charge in [0, 0.05) is 23.1 Å². The minimum Gasteiger partial charge on any atom is -0.493 e. The van der Waals surface area contributed by atoms with E-state index < -0.39 is 0 Å². The topological polar surface area (TPSA) is 50.7 Å². The Morgan fingerprint density at radius 1 is 1.42 bits per heavy atom. The van der Waals surface area contributed by atoms with Gasteiger partial charge in [-0.1, -0.05) is 22.9 Å². The smallest absolute Gasteiger partial charge is 0.165 e. The fraction of sp³-hybridized carbons (Fsp3) is 0.571. The van der Waals surface area contributed by atoms with Gasteiger partial charge in [0.15, 0.2) is 11.5 Å². The van der Waals surface area contributed by atoms with Crippen molar-refractivity contribution in [2.45, 2.75) is 32.9 Å². The van der Waals surface area contributed by atoms with Crippen molar-refractivity contribution in [2.24, 2.45) is 0 Å². The number of ether oxygens (including phenoxy) is 2. The maximum absolute atomic E-state index is 9.27. The summed E-state index contributed by atoms with van der Waals surface area (Å²) in [6.45, 7) is 5.64. The highest BCUT2D eigenvalue weighted by atomic mass is 79.9. The third-order valence-electron chi connectivity index (χ3n) is 2.52. The molecule has 5 heteroatoms. The zero-order valence-electron chi connectivity index (χ0n) is 11.7. The molecular formula is C14H22BrNO3. The first-order valence-electron chi connectivity index (χ1n) is 6.46. The number of aliphatic hydroxyl groups is 1.